The molecule has 0 heterocycles. The molecule has 2 aromatic carbocycles. The number of anilines is 1. The van der Waals surface area contributed by atoms with Crippen molar-refractivity contribution in [3.8, 4) is 11.1 Å². The number of alkyl halides is 6. The van der Waals surface area contributed by atoms with E-state index < -0.39 is 50.5 Å². The summed E-state index contributed by atoms with van der Waals surface area (Å²) in [6, 6.07) is 6.36. The number of amides is 1. The Morgan fingerprint density at radius 2 is 1.48 bits per heavy atom. The largest absolute Gasteiger partial charge is 0.430 e. The number of carbonyl (C=O) groups excluding carboxylic acids is 1. The number of benzene rings is 2. The molecule has 2 rings (SSSR count). The number of carbonyl (C=O) groups is 1. The van der Waals surface area contributed by atoms with Crippen molar-refractivity contribution in [2.75, 3.05) is 11.1 Å². The monoisotopic (exact) mass is 469 g/mol. The van der Waals surface area contributed by atoms with Gasteiger partial charge in [0.25, 0.3) is 5.60 Å². The van der Waals surface area contributed by atoms with Crippen LogP contribution in [0.4, 0.5) is 32.0 Å². The molecule has 0 unspecified atom stereocenters. The topological polar surface area (TPSA) is 83.5 Å². The first-order valence-corrected chi connectivity index (χ1v) is 10.3. The Hall–Kier alpha value is -2.60. The molecule has 2 aromatic rings. The second kappa shape index (κ2) is 8.15. The van der Waals surface area contributed by atoms with Crippen LogP contribution in [0, 0.1) is 0 Å². The van der Waals surface area contributed by atoms with Crippen molar-refractivity contribution in [2.24, 2.45) is 0 Å². The molecule has 0 saturated carbocycles. The molecule has 0 fully saturated rings. The van der Waals surface area contributed by atoms with Crippen molar-refractivity contribution in [1.29, 1.82) is 0 Å². The quantitative estimate of drug-likeness (QED) is 0.636. The second-order valence-electron chi connectivity index (χ2n) is 6.54. The molecule has 0 aliphatic rings. The molecule has 0 bridgehead atoms. The van der Waals surface area contributed by atoms with E-state index in [0.29, 0.717) is 6.07 Å². The minimum absolute atomic E-state index is 0.195. The maximum atomic E-state index is 13.5. The van der Waals surface area contributed by atoms with Gasteiger partial charge in [-0.2, -0.15) is 26.3 Å². The lowest BCUT2D eigenvalue weighted by atomic mass is 9.84. The van der Waals surface area contributed by atoms with Gasteiger partial charge in [-0.15, -0.1) is 0 Å². The van der Waals surface area contributed by atoms with Gasteiger partial charge in [0.05, 0.1) is 10.6 Å². The molecule has 0 aliphatic heterocycles. The maximum absolute atomic E-state index is 13.5. The van der Waals surface area contributed by atoms with Crippen molar-refractivity contribution in [1.82, 2.24) is 0 Å². The lowest BCUT2D eigenvalue weighted by molar-refractivity contribution is -0.376. The summed E-state index contributed by atoms with van der Waals surface area (Å²) in [5.74, 6) is -1.06. The van der Waals surface area contributed by atoms with Crippen LogP contribution in [0.3, 0.4) is 0 Å². The molecule has 0 saturated heterocycles. The number of nitrogens with one attached hydrogen (secondary N) is 1. The van der Waals surface area contributed by atoms with Crippen LogP contribution < -0.4 is 5.32 Å². The Balaban J connectivity index is 2.89. The highest BCUT2D eigenvalue weighted by Crippen LogP contribution is 2.53. The highest BCUT2D eigenvalue weighted by atomic mass is 32.2. The lowest BCUT2D eigenvalue weighted by Gasteiger charge is -2.34. The van der Waals surface area contributed by atoms with Crippen LogP contribution in [0.1, 0.15) is 19.4 Å². The first-order valence-electron chi connectivity index (χ1n) is 8.66. The molecule has 0 atom stereocenters. The molecule has 0 aromatic heterocycles. The predicted molar refractivity (Wildman–Crippen MR) is 99.9 cm³/mol. The van der Waals surface area contributed by atoms with E-state index in [1.54, 1.807) is 0 Å². The highest BCUT2D eigenvalue weighted by Gasteiger charge is 2.72. The summed E-state index contributed by atoms with van der Waals surface area (Å²) in [6.07, 6.45) is -12.3. The third kappa shape index (κ3) is 4.54. The Bertz CT molecular complexity index is 1060. The van der Waals surface area contributed by atoms with Crippen molar-refractivity contribution in [3.05, 3.63) is 48.0 Å². The third-order valence-electron chi connectivity index (χ3n) is 4.47. The number of rotatable bonds is 5. The molecular formula is C19H17F6NO4S. The van der Waals surface area contributed by atoms with Crippen molar-refractivity contribution in [2.45, 2.75) is 36.7 Å². The third-order valence-corrected chi connectivity index (χ3v) is 6.22. The van der Waals surface area contributed by atoms with Crippen molar-refractivity contribution < 1.29 is 44.7 Å². The van der Waals surface area contributed by atoms with E-state index in [1.165, 1.54) is 6.92 Å². The van der Waals surface area contributed by atoms with E-state index in [2.05, 4.69) is 5.32 Å². The summed E-state index contributed by atoms with van der Waals surface area (Å²) in [5.41, 5.74) is -8.28. The van der Waals surface area contributed by atoms with E-state index in [4.69, 9.17) is 0 Å². The fourth-order valence-corrected chi connectivity index (χ4v) is 3.80. The van der Waals surface area contributed by atoms with Gasteiger partial charge in [-0.25, -0.2) is 8.42 Å². The van der Waals surface area contributed by atoms with Gasteiger partial charge in [-0.1, -0.05) is 31.2 Å². The molecule has 0 aliphatic carbocycles. The molecule has 0 radical (unpaired) electrons. The van der Waals surface area contributed by atoms with Gasteiger partial charge in [0.2, 0.25) is 5.91 Å². The number of halogens is 6. The van der Waals surface area contributed by atoms with Crippen LogP contribution in [-0.2, 0) is 20.2 Å². The number of hydrogen-bond acceptors (Lipinski definition) is 4. The average Bonchev–Trinajstić information content (AvgIpc) is 2.65. The molecule has 1 amide bonds. The number of aliphatic hydroxyl groups is 1. The molecule has 2 N–H and O–H groups in total. The van der Waals surface area contributed by atoms with Gasteiger partial charge in [-0.05, 0) is 23.8 Å². The molecule has 0 spiro atoms. The summed E-state index contributed by atoms with van der Waals surface area (Å²) < 4.78 is 105. The van der Waals surface area contributed by atoms with Gasteiger partial charge >= 0.3 is 12.4 Å². The fraction of sp³-hybridized carbons (Fsp3) is 0.316. The maximum Gasteiger partial charge on any atom is 0.430 e. The van der Waals surface area contributed by atoms with E-state index in [0.717, 1.165) is 43.3 Å². The minimum Gasteiger partial charge on any atom is -0.369 e. The summed E-state index contributed by atoms with van der Waals surface area (Å²) in [7, 11) is -3.69. The zero-order valence-corrected chi connectivity index (χ0v) is 16.9. The smallest absolute Gasteiger partial charge is 0.369 e. The van der Waals surface area contributed by atoms with E-state index >= 15 is 0 Å². The molecule has 12 heteroatoms. The average molecular weight is 469 g/mol. The van der Waals surface area contributed by atoms with Crippen LogP contribution in [0.5, 0.6) is 0 Å². The van der Waals surface area contributed by atoms with Gasteiger partial charge in [-0.3, -0.25) is 4.79 Å². The van der Waals surface area contributed by atoms with Crippen LogP contribution in [0.2, 0.25) is 0 Å². The van der Waals surface area contributed by atoms with E-state index in [9.17, 15) is 44.7 Å². The van der Waals surface area contributed by atoms with Gasteiger partial charge in [0.15, 0.2) is 9.84 Å². The van der Waals surface area contributed by atoms with Crippen molar-refractivity contribution in [3.63, 3.8) is 0 Å². The minimum atomic E-state index is -6.15. The standard InChI is InChI=1S/C19H17F6NO4S/c1-3-31(29,30)13-9-7-12(8-10-13)16-14(5-4-6-15(16)26-11(2)27)17(28,18(20,21)22)19(23,24)25/h4-10,28H,3H2,1-2H3,(H,26,27). The summed E-state index contributed by atoms with van der Waals surface area (Å²) >= 11 is 0. The number of sulfone groups is 1. The first-order chi connectivity index (χ1) is 14.1. The predicted octanol–water partition coefficient (Wildman–Crippen LogP) is 4.42. The lowest BCUT2D eigenvalue weighted by Crippen LogP contribution is -2.54. The number of hydrogen-bond donors (Lipinski definition) is 2. The molecular weight excluding hydrogens is 452 g/mol. The first kappa shape index (κ1) is 24.7. The van der Waals surface area contributed by atoms with Crippen LogP contribution >= 0.6 is 0 Å². The second-order valence-corrected chi connectivity index (χ2v) is 8.82. The Morgan fingerprint density at radius 3 is 1.90 bits per heavy atom. The normalized spacial score (nSPS) is 13.2. The summed E-state index contributed by atoms with van der Waals surface area (Å²) in [6.45, 7) is 2.35. The Kier molecular flexibility index (Phi) is 6.49. The van der Waals surface area contributed by atoms with Crippen LogP contribution in [0.15, 0.2) is 47.4 Å². The summed E-state index contributed by atoms with van der Waals surface area (Å²) in [4.78, 5) is 11.3. The van der Waals surface area contributed by atoms with Gasteiger partial charge in [0.1, 0.15) is 0 Å². The Morgan fingerprint density at radius 1 is 0.968 bits per heavy atom. The van der Waals surface area contributed by atoms with E-state index in [1.807, 2.05) is 0 Å². The van der Waals surface area contributed by atoms with Gasteiger partial charge < -0.3 is 10.4 Å². The molecule has 5 nitrogen and oxygen atoms in total. The molecule has 31 heavy (non-hydrogen) atoms. The highest BCUT2D eigenvalue weighted by molar-refractivity contribution is 7.91. The fourth-order valence-electron chi connectivity index (χ4n) is 2.92. The SMILES string of the molecule is CCS(=O)(=O)c1ccc(-c2c(NC(C)=O)cccc2C(O)(C(F)(F)F)C(F)(F)F)cc1. The van der Waals surface area contributed by atoms with Crippen molar-refractivity contribution >= 4 is 21.4 Å². The van der Waals surface area contributed by atoms with Gasteiger partial charge in [0, 0.05) is 23.7 Å². The Labute approximate surface area is 173 Å². The van der Waals surface area contributed by atoms with Crippen LogP contribution in [-0.4, -0.2) is 37.5 Å². The summed E-state index contributed by atoms with van der Waals surface area (Å²) in [5, 5.41) is 12.1. The van der Waals surface area contributed by atoms with Crippen LogP contribution in [0.25, 0.3) is 11.1 Å². The zero-order chi connectivity index (χ0) is 23.8. The van der Waals surface area contributed by atoms with E-state index in [-0.39, 0.29) is 16.2 Å². The zero-order valence-electron chi connectivity index (χ0n) is 16.1. The molecule has 170 valence electrons.